The van der Waals surface area contributed by atoms with Crippen molar-refractivity contribution in [2.24, 2.45) is 0 Å². The quantitative estimate of drug-likeness (QED) is 0.244. The average molecular weight is 522 g/mol. The molecule has 0 N–H and O–H groups in total. The van der Waals surface area contributed by atoms with Crippen LogP contribution < -0.4 is 4.90 Å². The van der Waals surface area contributed by atoms with Gasteiger partial charge in [0.15, 0.2) is 0 Å². The van der Waals surface area contributed by atoms with E-state index in [1.807, 2.05) is 0 Å². The maximum absolute atomic E-state index is 13.1. The van der Waals surface area contributed by atoms with Crippen molar-refractivity contribution in [2.75, 3.05) is 44.3 Å². The Hall–Kier alpha value is -3.14. The average Bonchev–Trinajstić information content (AvgIpc) is 2.85. The molecule has 1 heterocycles. The number of benzene rings is 2. The fourth-order valence-electron chi connectivity index (χ4n) is 4.30. The van der Waals surface area contributed by atoms with Gasteiger partial charge < -0.3 is 14.5 Å². The molecule has 1 amide bonds. The van der Waals surface area contributed by atoms with Gasteiger partial charge in [-0.2, -0.15) is 13.2 Å². The van der Waals surface area contributed by atoms with Gasteiger partial charge in [0.1, 0.15) is 12.2 Å². The van der Waals surface area contributed by atoms with Gasteiger partial charge in [0, 0.05) is 44.5 Å². The summed E-state index contributed by atoms with van der Waals surface area (Å²) in [5.74, 6) is -0.0760. The van der Waals surface area contributed by atoms with Gasteiger partial charge in [-0.3, -0.25) is 14.9 Å². The minimum Gasteiger partial charge on any atom is -0.372 e. The number of piperazine rings is 1. The summed E-state index contributed by atoms with van der Waals surface area (Å²) in [4.78, 5) is 26.4. The highest BCUT2D eigenvalue weighted by molar-refractivity contribution is 5.77. The standard InChI is InChI=1S/C27H34F3N3O4/c1-26(2,3)21-8-10-22(11-9-21)31-13-15-32(16-14-31)25(34)19-37-17-5-4-6-20-7-12-24(33(35)36)23(18-20)27(28,29)30/h7-12,18H,4-6,13-17,19H2,1-3H3. The number of amides is 1. The Bertz CT molecular complexity index is 1070. The Morgan fingerprint density at radius 2 is 1.65 bits per heavy atom. The van der Waals surface area contributed by atoms with Gasteiger partial charge in [0.25, 0.3) is 5.69 Å². The van der Waals surface area contributed by atoms with Crippen LogP contribution in [0.25, 0.3) is 0 Å². The molecule has 2 aromatic rings. The van der Waals surface area contributed by atoms with E-state index in [-0.39, 0.29) is 17.9 Å². The van der Waals surface area contributed by atoms with Gasteiger partial charge in [-0.05, 0) is 54.0 Å². The van der Waals surface area contributed by atoms with E-state index in [0.29, 0.717) is 44.5 Å². The molecule has 1 aliphatic heterocycles. The van der Waals surface area contributed by atoms with Crippen molar-refractivity contribution in [3.63, 3.8) is 0 Å². The predicted molar refractivity (Wildman–Crippen MR) is 136 cm³/mol. The number of nitrogens with zero attached hydrogens (tertiary/aromatic N) is 3. The summed E-state index contributed by atoms with van der Waals surface area (Å²) in [5, 5.41) is 10.9. The lowest BCUT2D eigenvalue weighted by Crippen LogP contribution is -2.49. The van der Waals surface area contributed by atoms with Crippen LogP contribution in [-0.2, 0) is 27.5 Å². The molecular weight excluding hydrogens is 487 g/mol. The number of unbranched alkanes of at least 4 members (excludes halogenated alkanes) is 1. The third-order valence-corrected chi connectivity index (χ3v) is 6.52. The van der Waals surface area contributed by atoms with Crippen molar-refractivity contribution >= 4 is 17.3 Å². The van der Waals surface area contributed by atoms with Crippen LogP contribution in [0.4, 0.5) is 24.5 Å². The summed E-state index contributed by atoms with van der Waals surface area (Å²) in [7, 11) is 0. The van der Waals surface area contributed by atoms with E-state index in [9.17, 15) is 28.1 Å². The van der Waals surface area contributed by atoms with Gasteiger partial charge in [-0.25, -0.2) is 0 Å². The molecular formula is C27H34F3N3O4. The van der Waals surface area contributed by atoms with Gasteiger partial charge in [-0.15, -0.1) is 0 Å². The third kappa shape index (κ3) is 7.92. The van der Waals surface area contributed by atoms with E-state index < -0.39 is 22.4 Å². The normalized spacial score (nSPS) is 14.6. The monoisotopic (exact) mass is 521 g/mol. The molecule has 202 valence electrons. The van der Waals surface area contributed by atoms with Crippen LogP contribution in [0.3, 0.4) is 0 Å². The number of carbonyl (C=O) groups excluding carboxylic acids is 1. The second-order valence-electron chi connectivity index (χ2n) is 10.3. The van der Waals surface area contributed by atoms with Crippen molar-refractivity contribution in [1.29, 1.82) is 0 Å². The second kappa shape index (κ2) is 11.9. The molecule has 0 unspecified atom stereocenters. The lowest BCUT2D eigenvalue weighted by Gasteiger charge is -2.36. The Kier molecular flexibility index (Phi) is 9.17. The zero-order chi connectivity index (χ0) is 27.2. The van der Waals surface area contributed by atoms with E-state index in [0.717, 1.165) is 30.9 Å². The van der Waals surface area contributed by atoms with Crippen molar-refractivity contribution < 1.29 is 27.6 Å². The molecule has 2 aromatic carbocycles. The Labute approximate surface area is 215 Å². The number of halogens is 3. The fraction of sp³-hybridized carbons (Fsp3) is 0.519. The van der Waals surface area contributed by atoms with Crippen molar-refractivity contribution in [3.05, 3.63) is 69.3 Å². The number of carbonyl (C=O) groups is 1. The second-order valence-corrected chi connectivity index (χ2v) is 10.3. The van der Waals surface area contributed by atoms with Gasteiger partial charge >= 0.3 is 6.18 Å². The predicted octanol–water partition coefficient (Wildman–Crippen LogP) is 5.60. The maximum atomic E-state index is 13.1. The lowest BCUT2D eigenvalue weighted by molar-refractivity contribution is -0.388. The maximum Gasteiger partial charge on any atom is 0.423 e. The number of aryl methyl sites for hydroxylation is 1. The molecule has 0 bridgehead atoms. The smallest absolute Gasteiger partial charge is 0.372 e. The minimum atomic E-state index is -4.79. The minimum absolute atomic E-state index is 0.0317. The SMILES string of the molecule is CC(C)(C)c1ccc(N2CCN(C(=O)COCCCCc3ccc([N+](=O)[O-])c(C(F)(F)F)c3)CC2)cc1. The number of nitro groups is 1. The molecule has 10 heteroatoms. The number of alkyl halides is 3. The summed E-state index contributed by atoms with van der Waals surface area (Å²) in [6.07, 6.45) is -3.36. The van der Waals surface area contributed by atoms with E-state index in [2.05, 4.69) is 49.9 Å². The first-order valence-corrected chi connectivity index (χ1v) is 12.4. The van der Waals surface area contributed by atoms with Gasteiger partial charge in [0.2, 0.25) is 5.91 Å². The molecule has 37 heavy (non-hydrogen) atoms. The molecule has 0 radical (unpaired) electrons. The highest BCUT2D eigenvalue weighted by Gasteiger charge is 2.38. The van der Waals surface area contributed by atoms with E-state index in [1.165, 1.54) is 11.6 Å². The first-order chi connectivity index (χ1) is 17.4. The summed E-state index contributed by atoms with van der Waals surface area (Å²) >= 11 is 0. The molecule has 1 saturated heterocycles. The Balaban J connectivity index is 1.36. The molecule has 1 aliphatic rings. The van der Waals surface area contributed by atoms with Crippen molar-refractivity contribution in [3.8, 4) is 0 Å². The van der Waals surface area contributed by atoms with E-state index >= 15 is 0 Å². The third-order valence-electron chi connectivity index (χ3n) is 6.52. The van der Waals surface area contributed by atoms with Crippen molar-refractivity contribution in [2.45, 2.75) is 51.6 Å². The summed E-state index contributed by atoms with van der Waals surface area (Å²) in [6.45, 7) is 9.55. The Morgan fingerprint density at radius 1 is 1.00 bits per heavy atom. The topological polar surface area (TPSA) is 75.9 Å². The molecule has 0 aromatic heterocycles. The van der Waals surface area contributed by atoms with E-state index in [4.69, 9.17) is 4.74 Å². The fourth-order valence-corrected chi connectivity index (χ4v) is 4.30. The van der Waals surface area contributed by atoms with Crippen LogP contribution >= 0.6 is 0 Å². The number of hydrogen-bond acceptors (Lipinski definition) is 5. The van der Waals surface area contributed by atoms with Crippen LogP contribution in [0.5, 0.6) is 0 Å². The largest absolute Gasteiger partial charge is 0.423 e. The highest BCUT2D eigenvalue weighted by Crippen LogP contribution is 2.36. The summed E-state index contributed by atoms with van der Waals surface area (Å²) in [6, 6.07) is 11.6. The molecule has 0 spiro atoms. The van der Waals surface area contributed by atoms with Gasteiger partial charge in [-0.1, -0.05) is 39.0 Å². The zero-order valence-electron chi connectivity index (χ0n) is 21.5. The first-order valence-electron chi connectivity index (χ1n) is 12.4. The van der Waals surface area contributed by atoms with Crippen LogP contribution in [-0.4, -0.2) is 55.1 Å². The number of ether oxygens (including phenoxy) is 1. The number of hydrogen-bond donors (Lipinski definition) is 0. The molecule has 1 fully saturated rings. The number of anilines is 1. The Morgan fingerprint density at radius 3 is 2.22 bits per heavy atom. The lowest BCUT2D eigenvalue weighted by atomic mass is 9.87. The van der Waals surface area contributed by atoms with Crippen LogP contribution in [0.2, 0.25) is 0 Å². The summed E-state index contributed by atoms with van der Waals surface area (Å²) < 4.78 is 44.8. The summed E-state index contributed by atoms with van der Waals surface area (Å²) in [5.41, 5.74) is 0.717. The molecule has 0 saturated carbocycles. The molecule has 3 rings (SSSR count). The van der Waals surface area contributed by atoms with Gasteiger partial charge in [0.05, 0.1) is 4.92 Å². The number of rotatable bonds is 9. The van der Waals surface area contributed by atoms with E-state index in [1.54, 1.807) is 4.90 Å². The molecule has 7 nitrogen and oxygen atoms in total. The van der Waals surface area contributed by atoms with Crippen molar-refractivity contribution in [1.82, 2.24) is 4.90 Å². The number of nitro benzene ring substituents is 1. The first kappa shape index (κ1) is 28.4. The van der Waals surface area contributed by atoms with Crippen LogP contribution in [0, 0.1) is 10.1 Å². The van der Waals surface area contributed by atoms with Crippen LogP contribution in [0.15, 0.2) is 42.5 Å². The molecule has 0 atom stereocenters. The molecule has 0 aliphatic carbocycles. The van der Waals surface area contributed by atoms with Crippen LogP contribution in [0.1, 0.15) is 50.3 Å². The zero-order valence-corrected chi connectivity index (χ0v) is 21.5. The highest BCUT2D eigenvalue weighted by atomic mass is 19.4.